The minimum atomic E-state index is -1.34. The van der Waals surface area contributed by atoms with Crippen LogP contribution in [0.4, 0.5) is 4.39 Å². The van der Waals surface area contributed by atoms with Crippen molar-refractivity contribution in [3.05, 3.63) is 168 Å². The van der Waals surface area contributed by atoms with Crippen LogP contribution in [0.3, 0.4) is 0 Å². The molecule has 7 heteroatoms. The van der Waals surface area contributed by atoms with E-state index in [0.717, 1.165) is 61.9 Å². The zero-order valence-electron chi connectivity index (χ0n) is 33.9. The van der Waals surface area contributed by atoms with Gasteiger partial charge in [-0.2, -0.15) is 0 Å². The number of nitrogens with zero attached hydrogens (tertiary/aromatic N) is 3. The smallest absolute Gasteiger partial charge is 0.123 e. The average Bonchev–Trinajstić information content (AvgIpc) is 3.78. The first kappa shape index (κ1) is 40.7. The fourth-order valence-corrected chi connectivity index (χ4v) is 9.51. The molecule has 9 rings (SSSR count). The molecule has 6 aromatic carbocycles. The summed E-state index contributed by atoms with van der Waals surface area (Å²) in [7, 11) is -1.34. The van der Waals surface area contributed by atoms with Gasteiger partial charge in [0.15, 0.2) is 0 Å². The van der Waals surface area contributed by atoms with Gasteiger partial charge in [-0.3, -0.25) is 4.98 Å². The van der Waals surface area contributed by atoms with Crippen LogP contribution in [0, 0.1) is 37.9 Å². The van der Waals surface area contributed by atoms with E-state index in [1.165, 1.54) is 45.1 Å². The van der Waals surface area contributed by atoms with Gasteiger partial charge in [0.25, 0.3) is 0 Å². The third kappa shape index (κ3) is 8.26. The summed E-state index contributed by atoms with van der Waals surface area (Å²) < 4.78 is 21.9. The van der Waals surface area contributed by atoms with Gasteiger partial charge in [0.1, 0.15) is 5.82 Å². The zero-order chi connectivity index (χ0) is 39.8. The van der Waals surface area contributed by atoms with Crippen LogP contribution in [-0.2, 0) is 26.5 Å². The molecule has 4 nitrogen and oxygen atoms in total. The number of para-hydroxylation sites is 2. The Labute approximate surface area is 355 Å². The van der Waals surface area contributed by atoms with Crippen LogP contribution in [0.15, 0.2) is 138 Å². The number of halogens is 1. The number of benzene rings is 6. The summed E-state index contributed by atoms with van der Waals surface area (Å²) in [4.78, 5) is 9.71. The fraction of sp³-hybridized carbons (Fsp3) is 0.176. The second-order valence-electron chi connectivity index (χ2n) is 16.3. The van der Waals surface area contributed by atoms with Crippen LogP contribution in [0.5, 0.6) is 0 Å². The maximum atomic E-state index is 13.8. The largest absolute Gasteiger partial charge is 0.557 e. The molecule has 0 aliphatic carbocycles. The Hall–Kier alpha value is -5.46. The summed E-state index contributed by atoms with van der Waals surface area (Å²) in [6, 6.07) is 45.3. The normalized spacial score (nSPS) is 11.5. The van der Waals surface area contributed by atoms with E-state index < -0.39 is 8.07 Å². The van der Waals surface area contributed by atoms with Crippen molar-refractivity contribution in [2.75, 3.05) is 0 Å². The topological polar surface area (TPSA) is 43.9 Å². The molecule has 0 saturated heterocycles. The molecule has 0 aliphatic rings. The minimum absolute atomic E-state index is 0. The first-order valence-electron chi connectivity index (χ1n) is 19.6. The van der Waals surface area contributed by atoms with Gasteiger partial charge in [-0.1, -0.05) is 117 Å². The van der Waals surface area contributed by atoms with E-state index in [-0.39, 0.29) is 25.9 Å². The van der Waals surface area contributed by atoms with Crippen LogP contribution in [0.25, 0.3) is 72.2 Å². The number of hydrogen-bond acceptors (Lipinski definition) is 3. The van der Waals surface area contributed by atoms with E-state index in [1.54, 1.807) is 6.07 Å². The van der Waals surface area contributed by atoms with Crippen LogP contribution in [-0.4, -0.2) is 22.6 Å². The monoisotopic (exact) mass is 956 g/mol. The van der Waals surface area contributed by atoms with Crippen molar-refractivity contribution in [2.24, 2.45) is 5.92 Å². The Kier molecular flexibility index (Phi) is 11.8. The first-order valence-corrected chi connectivity index (χ1v) is 23.1. The number of aromatic nitrogens is 3. The summed E-state index contributed by atoms with van der Waals surface area (Å²) >= 11 is 0. The maximum absolute atomic E-state index is 13.8. The van der Waals surface area contributed by atoms with E-state index in [0.29, 0.717) is 11.5 Å². The summed E-state index contributed by atoms with van der Waals surface area (Å²) in [6.45, 7) is 16.0. The van der Waals surface area contributed by atoms with Crippen LogP contribution >= 0.6 is 0 Å². The van der Waals surface area contributed by atoms with Gasteiger partial charge in [-0.05, 0) is 106 Å². The molecular weight excluding hydrogens is 910 g/mol. The van der Waals surface area contributed by atoms with Crippen molar-refractivity contribution < 1.29 is 28.9 Å². The number of hydrogen-bond donors (Lipinski definition) is 0. The molecule has 0 saturated carbocycles. The van der Waals surface area contributed by atoms with Crippen molar-refractivity contribution in [3.8, 4) is 39.5 Å². The third-order valence-electron chi connectivity index (χ3n) is 10.5. The van der Waals surface area contributed by atoms with Crippen molar-refractivity contribution in [2.45, 2.75) is 53.8 Å². The Balaban J connectivity index is 0.000000208. The molecule has 0 aliphatic heterocycles. The van der Waals surface area contributed by atoms with Gasteiger partial charge in [0.05, 0.1) is 24.9 Å². The SMILES string of the molecule is CC(C)Cc1cc(-c2[c-]cccc2)ncc1[Si](C)(C)C.Cc1cc(-n2c(-c3[c-]oc4cc5cc(F)ccc5cc34)nc3ccccc32)cc(C)c1-c1ccccc1.[Ir]. The van der Waals surface area contributed by atoms with Gasteiger partial charge in [0.2, 0.25) is 0 Å². The number of pyridine rings is 1. The zero-order valence-corrected chi connectivity index (χ0v) is 37.3. The van der Waals surface area contributed by atoms with E-state index in [1.807, 2.05) is 54.6 Å². The van der Waals surface area contributed by atoms with E-state index >= 15 is 0 Å². The predicted octanol–water partition coefficient (Wildman–Crippen LogP) is 13.1. The molecule has 3 aromatic heterocycles. The van der Waals surface area contributed by atoms with E-state index in [2.05, 4.69) is 130 Å². The van der Waals surface area contributed by atoms with Gasteiger partial charge in [-0.25, -0.2) is 4.39 Å². The van der Waals surface area contributed by atoms with Crippen LogP contribution < -0.4 is 5.19 Å². The molecule has 1 radical (unpaired) electrons. The standard InChI is InChI=1S/C33H22FN2O.C18H24NSi.Ir/c1-20-14-26(15-21(2)32(20)22-8-4-3-5-9-22)36-30-11-7-6-10-29(30)35-33(36)28-19-37-31-18-24-16-25(34)13-12-23(24)17-27(28)31;1-14(2)11-16-12-17(15-9-7-6-8-10-15)19-13-18(16)20(3,4)5;/h3-18H,1-2H3;6-9,12-14H,11H2,1-5H3;/q2*-1;. The fourth-order valence-electron chi connectivity index (χ4n) is 7.92. The van der Waals surface area contributed by atoms with Gasteiger partial charge >= 0.3 is 0 Å². The molecule has 0 atom stereocenters. The molecule has 0 spiro atoms. The summed E-state index contributed by atoms with van der Waals surface area (Å²) in [5.41, 5.74) is 12.8. The average molecular weight is 956 g/mol. The molecule has 0 amide bonds. The predicted molar refractivity (Wildman–Crippen MR) is 238 cm³/mol. The second kappa shape index (κ2) is 16.8. The number of aryl methyl sites for hydroxylation is 2. The minimum Gasteiger partial charge on any atom is -0.557 e. The summed E-state index contributed by atoms with van der Waals surface area (Å²) in [6.07, 6.45) is 6.34. The van der Waals surface area contributed by atoms with Crippen molar-refractivity contribution in [1.82, 2.24) is 14.5 Å². The number of furan rings is 1. The molecule has 3 heterocycles. The van der Waals surface area contributed by atoms with E-state index in [9.17, 15) is 4.39 Å². The molecule has 58 heavy (non-hydrogen) atoms. The quantitative estimate of drug-likeness (QED) is 0.118. The molecule has 0 fully saturated rings. The number of fused-ring (bicyclic) bond motifs is 3. The summed E-state index contributed by atoms with van der Waals surface area (Å²) in [5.74, 6) is 1.15. The Morgan fingerprint density at radius 1 is 0.793 bits per heavy atom. The third-order valence-corrected chi connectivity index (χ3v) is 12.5. The molecule has 0 bridgehead atoms. The molecule has 293 valence electrons. The molecule has 0 unspecified atom stereocenters. The van der Waals surface area contributed by atoms with Crippen LogP contribution in [0.2, 0.25) is 19.6 Å². The number of rotatable bonds is 7. The van der Waals surface area contributed by atoms with Crippen molar-refractivity contribution >= 4 is 46.0 Å². The van der Waals surface area contributed by atoms with Gasteiger partial charge in [0, 0.05) is 43.8 Å². The Morgan fingerprint density at radius 2 is 1.52 bits per heavy atom. The van der Waals surface area contributed by atoms with Gasteiger partial charge in [-0.15, -0.1) is 35.9 Å². The maximum Gasteiger partial charge on any atom is 0.123 e. The summed E-state index contributed by atoms with van der Waals surface area (Å²) in [5, 5.41) is 4.11. The van der Waals surface area contributed by atoms with Crippen molar-refractivity contribution in [1.29, 1.82) is 0 Å². The first-order chi connectivity index (χ1) is 27.4. The van der Waals surface area contributed by atoms with E-state index in [4.69, 9.17) is 9.40 Å². The Morgan fingerprint density at radius 3 is 2.22 bits per heavy atom. The molecule has 0 N–H and O–H groups in total. The molecule has 9 aromatic rings. The van der Waals surface area contributed by atoms with Crippen molar-refractivity contribution in [3.63, 3.8) is 0 Å². The Bertz CT molecular complexity index is 2850. The van der Waals surface area contributed by atoms with Crippen LogP contribution in [0.1, 0.15) is 30.5 Å². The van der Waals surface area contributed by atoms with Gasteiger partial charge < -0.3 is 14.0 Å². The number of imidazole rings is 1. The second-order valence-corrected chi connectivity index (χ2v) is 21.4. The molecular formula is C51H46FIrN3OSi-2.